The van der Waals surface area contributed by atoms with Gasteiger partial charge in [0.1, 0.15) is 10.4 Å². The number of pyridine rings is 1. The summed E-state index contributed by atoms with van der Waals surface area (Å²) in [5, 5.41) is 2.43. The largest absolute Gasteiger partial charge is 0.313 e. The van der Waals surface area contributed by atoms with Crippen LogP contribution in [0.4, 0.5) is 5.82 Å². The van der Waals surface area contributed by atoms with Crippen molar-refractivity contribution in [3.8, 4) is 0 Å². The van der Waals surface area contributed by atoms with Crippen molar-refractivity contribution >= 4 is 28.2 Å². The molecule has 0 saturated heterocycles. The van der Waals surface area contributed by atoms with Crippen molar-refractivity contribution < 1.29 is 4.79 Å². The number of nitrogens with one attached hydrogen (secondary N) is 1. The molecule has 0 aromatic carbocycles. The van der Waals surface area contributed by atoms with E-state index in [0.717, 1.165) is 0 Å². The van der Waals surface area contributed by atoms with Crippen molar-refractivity contribution in [1.82, 2.24) is 4.98 Å². The quantitative estimate of drug-likeness (QED) is 0.580. The zero-order valence-electron chi connectivity index (χ0n) is 5.04. The molecule has 1 aromatic heterocycles. The Balaban J connectivity index is 2.84. The van der Waals surface area contributed by atoms with Gasteiger partial charge >= 0.3 is 0 Å². The second-order valence-electron chi connectivity index (χ2n) is 1.61. The SMILES string of the molecule is O=CNc1cccc(Br)n1. The van der Waals surface area contributed by atoms with E-state index in [-0.39, 0.29) is 0 Å². The van der Waals surface area contributed by atoms with Crippen LogP contribution < -0.4 is 5.32 Å². The summed E-state index contributed by atoms with van der Waals surface area (Å²) in [6.07, 6.45) is 0.592. The standard InChI is InChI=1S/C6H5BrN2O/c7-5-2-1-3-6(9-5)8-4-10/h1-4H,(H,8,9,10). The Hall–Kier alpha value is -0.900. The van der Waals surface area contributed by atoms with Crippen LogP contribution in [0.3, 0.4) is 0 Å². The lowest BCUT2D eigenvalue weighted by Gasteiger charge is -1.95. The summed E-state index contributed by atoms with van der Waals surface area (Å²) in [4.78, 5) is 13.9. The molecule has 0 unspecified atom stereocenters. The molecule has 0 bridgehead atoms. The smallest absolute Gasteiger partial charge is 0.212 e. The maximum absolute atomic E-state index is 9.92. The molecule has 1 amide bonds. The second kappa shape index (κ2) is 3.31. The van der Waals surface area contributed by atoms with Gasteiger partial charge in [0.2, 0.25) is 6.41 Å². The van der Waals surface area contributed by atoms with E-state index in [9.17, 15) is 4.79 Å². The first-order valence-electron chi connectivity index (χ1n) is 2.65. The molecule has 0 aliphatic rings. The molecule has 1 aromatic rings. The highest BCUT2D eigenvalue weighted by atomic mass is 79.9. The fourth-order valence-corrected chi connectivity index (χ4v) is 0.893. The van der Waals surface area contributed by atoms with Gasteiger partial charge in [-0.1, -0.05) is 6.07 Å². The number of rotatable bonds is 2. The summed E-state index contributed by atoms with van der Waals surface area (Å²) in [7, 11) is 0. The number of nitrogens with zero attached hydrogens (tertiary/aromatic N) is 1. The summed E-state index contributed by atoms with van der Waals surface area (Å²) < 4.78 is 0.708. The van der Waals surface area contributed by atoms with Crippen LogP contribution >= 0.6 is 15.9 Å². The zero-order chi connectivity index (χ0) is 7.40. The van der Waals surface area contributed by atoms with Gasteiger partial charge in [0, 0.05) is 0 Å². The van der Waals surface area contributed by atoms with Crippen LogP contribution in [-0.4, -0.2) is 11.4 Å². The fourth-order valence-electron chi connectivity index (χ4n) is 0.549. The minimum Gasteiger partial charge on any atom is -0.313 e. The van der Waals surface area contributed by atoms with Gasteiger partial charge in [0.15, 0.2) is 0 Å². The van der Waals surface area contributed by atoms with Gasteiger partial charge in [-0.3, -0.25) is 4.79 Å². The Kier molecular flexibility index (Phi) is 2.39. The number of anilines is 1. The molecular formula is C6H5BrN2O. The second-order valence-corrected chi connectivity index (χ2v) is 2.42. The van der Waals surface area contributed by atoms with Gasteiger partial charge in [-0.15, -0.1) is 0 Å². The van der Waals surface area contributed by atoms with Crippen molar-refractivity contribution in [2.75, 3.05) is 5.32 Å². The Labute approximate surface area is 66.6 Å². The Morgan fingerprint density at radius 3 is 3.00 bits per heavy atom. The van der Waals surface area contributed by atoms with Crippen molar-refractivity contribution in [3.63, 3.8) is 0 Å². The first-order chi connectivity index (χ1) is 4.83. The molecule has 4 heteroatoms. The van der Waals surface area contributed by atoms with Crippen molar-refractivity contribution in [2.45, 2.75) is 0 Å². The lowest BCUT2D eigenvalue weighted by Crippen LogP contribution is -1.95. The molecule has 1 N–H and O–H groups in total. The third-order valence-electron chi connectivity index (χ3n) is 0.922. The molecular weight excluding hydrogens is 196 g/mol. The molecule has 10 heavy (non-hydrogen) atoms. The summed E-state index contributed by atoms with van der Waals surface area (Å²) in [5.74, 6) is 0.546. The lowest BCUT2D eigenvalue weighted by atomic mass is 10.5. The summed E-state index contributed by atoms with van der Waals surface area (Å²) >= 11 is 3.17. The van der Waals surface area contributed by atoms with E-state index in [0.29, 0.717) is 16.8 Å². The van der Waals surface area contributed by atoms with E-state index in [4.69, 9.17) is 0 Å². The van der Waals surface area contributed by atoms with Crippen molar-refractivity contribution in [2.24, 2.45) is 0 Å². The Bertz CT molecular complexity index is 239. The molecule has 0 saturated carbocycles. The number of halogens is 1. The molecule has 0 aliphatic carbocycles. The van der Waals surface area contributed by atoms with Crippen molar-refractivity contribution in [3.05, 3.63) is 22.8 Å². The van der Waals surface area contributed by atoms with E-state index in [1.165, 1.54) is 0 Å². The number of hydrogen-bond acceptors (Lipinski definition) is 2. The highest BCUT2D eigenvalue weighted by molar-refractivity contribution is 9.10. The monoisotopic (exact) mass is 200 g/mol. The molecule has 0 aliphatic heterocycles. The highest BCUT2D eigenvalue weighted by Gasteiger charge is 1.90. The predicted octanol–water partition coefficient (Wildman–Crippen LogP) is 1.41. The van der Waals surface area contributed by atoms with Gasteiger partial charge in [-0.25, -0.2) is 4.98 Å². The number of amides is 1. The first-order valence-corrected chi connectivity index (χ1v) is 3.45. The van der Waals surface area contributed by atoms with Crippen LogP contribution in [0.15, 0.2) is 22.8 Å². The van der Waals surface area contributed by atoms with E-state index in [1.54, 1.807) is 18.2 Å². The molecule has 1 rings (SSSR count). The maximum atomic E-state index is 9.92. The Morgan fingerprint density at radius 1 is 1.60 bits per heavy atom. The van der Waals surface area contributed by atoms with Gasteiger partial charge in [-0.2, -0.15) is 0 Å². The maximum Gasteiger partial charge on any atom is 0.212 e. The lowest BCUT2D eigenvalue weighted by molar-refractivity contribution is -0.105. The third kappa shape index (κ3) is 1.80. The van der Waals surface area contributed by atoms with Crippen LogP contribution in [0, 0.1) is 0 Å². The van der Waals surface area contributed by atoms with E-state index in [1.807, 2.05) is 0 Å². The first kappa shape index (κ1) is 7.21. The minimum absolute atomic E-state index is 0.546. The number of carbonyl (C=O) groups excluding carboxylic acids is 1. The normalized spacial score (nSPS) is 8.90. The van der Waals surface area contributed by atoms with Crippen LogP contribution in [-0.2, 0) is 4.79 Å². The summed E-state index contributed by atoms with van der Waals surface area (Å²) in [6, 6.07) is 5.29. The Morgan fingerprint density at radius 2 is 2.40 bits per heavy atom. The molecule has 0 spiro atoms. The van der Waals surface area contributed by atoms with Crippen LogP contribution in [0.5, 0.6) is 0 Å². The number of hydrogen-bond donors (Lipinski definition) is 1. The molecule has 52 valence electrons. The highest BCUT2D eigenvalue weighted by Crippen LogP contribution is 2.08. The van der Waals surface area contributed by atoms with Gasteiger partial charge in [-0.05, 0) is 28.1 Å². The average molecular weight is 201 g/mol. The molecule has 0 radical (unpaired) electrons. The van der Waals surface area contributed by atoms with E-state index in [2.05, 4.69) is 26.2 Å². The van der Waals surface area contributed by atoms with Crippen molar-refractivity contribution in [1.29, 1.82) is 0 Å². The van der Waals surface area contributed by atoms with Gasteiger partial charge < -0.3 is 5.32 Å². The van der Waals surface area contributed by atoms with Crippen LogP contribution in [0.2, 0.25) is 0 Å². The van der Waals surface area contributed by atoms with E-state index >= 15 is 0 Å². The average Bonchev–Trinajstić information content (AvgIpc) is 1.88. The number of carbonyl (C=O) groups is 1. The fraction of sp³-hybridized carbons (Fsp3) is 0. The molecule has 0 atom stereocenters. The number of aromatic nitrogens is 1. The van der Waals surface area contributed by atoms with Crippen LogP contribution in [0.25, 0.3) is 0 Å². The zero-order valence-corrected chi connectivity index (χ0v) is 6.63. The van der Waals surface area contributed by atoms with E-state index < -0.39 is 0 Å². The topological polar surface area (TPSA) is 42.0 Å². The van der Waals surface area contributed by atoms with Gasteiger partial charge in [0.05, 0.1) is 0 Å². The summed E-state index contributed by atoms with van der Waals surface area (Å²) in [6.45, 7) is 0. The minimum atomic E-state index is 0.546. The predicted molar refractivity (Wildman–Crippen MR) is 41.6 cm³/mol. The molecule has 1 heterocycles. The van der Waals surface area contributed by atoms with Crippen LogP contribution in [0.1, 0.15) is 0 Å². The molecule has 0 fully saturated rings. The van der Waals surface area contributed by atoms with Gasteiger partial charge in [0.25, 0.3) is 0 Å². The molecule has 3 nitrogen and oxygen atoms in total. The third-order valence-corrected chi connectivity index (χ3v) is 1.36. The summed E-state index contributed by atoms with van der Waals surface area (Å²) in [5.41, 5.74) is 0.